The van der Waals surface area contributed by atoms with Gasteiger partial charge in [0.05, 0.1) is 12.1 Å². The predicted octanol–water partition coefficient (Wildman–Crippen LogP) is 3.91. The van der Waals surface area contributed by atoms with Gasteiger partial charge in [0.15, 0.2) is 5.78 Å². The molecule has 0 aliphatic rings. The van der Waals surface area contributed by atoms with Crippen molar-refractivity contribution in [1.29, 1.82) is 0 Å². The van der Waals surface area contributed by atoms with Crippen LogP contribution in [0.5, 0.6) is 5.75 Å². The maximum Gasteiger partial charge on any atom is 0.167 e. The number of hydrogen-bond acceptors (Lipinski definition) is 2. The van der Waals surface area contributed by atoms with E-state index in [0.717, 1.165) is 11.3 Å². The van der Waals surface area contributed by atoms with Crippen molar-refractivity contribution in [2.45, 2.75) is 6.42 Å². The summed E-state index contributed by atoms with van der Waals surface area (Å²) in [5.41, 5.74) is 1.27. The van der Waals surface area contributed by atoms with E-state index in [4.69, 9.17) is 16.3 Å². The molecule has 0 unspecified atom stereocenters. The van der Waals surface area contributed by atoms with Crippen LogP contribution in [0.15, 0.2) is 42.5 Å². The molecule has 0 aromatic heterocycles. The average Bonchev–Trinajstić information content (AvgIpc) is 2.42. The first-order valence-corrected chi connectivity index (χ1v) is 6.09. The number of carbonyl (C=O) groups is 1. The largest absolute Gasteiger partial charge is 0.497 e. The van der Waals surface area contributed by atoms with E-state index in [0.29, 0.717) is 5.56 Å². The third-order valence-corrected chi connectivity index (χ3v) is 3.05. The van der Waals surface area contributed by atoms with Crippen LogP contribution in [0.3, 0.4) is 0 Å². The Morgan fingerprint density at radius 1 is 1.21 bits per heavy atom. The quantitative estimate of drug-likeness (QED) is 0.793. The molecule has 0 atom stereocenters. The van der Waals surface area contributed by atoms with E-state index in [1.807, 2.05) is 12.1 Å². The summed E-state index contributed by atoms with van der Waals surface area (Å²) in [5.74, 6) is 0.107. The summed E-state index contributed by atoms with van der Waals surface area (Å²) in [4.78, 5) is 12.0. The van der Waals surface area contributed by atoms with Gasteiger partial charge in [-0.05, 0) is 35.9 Å². The fraction of sp³-hybridized carbons (Fsp3) is 0.133. The summed E-state index contributed by atoms with van der Waals surface area (Å²) >= 11 is 5.66. The molecule has 0 spiro atoms. The number of benzene rings is 2. The highest BCUT2D eigenvalue weighted by molar-refractivity contribution is 6.31. The van der Waals surface area contributed by atoms with Crippen molar-refractivity contribution < 1.29 is 13.9 Å². The van der Waals surface area contributed by atoms with E-state index in [9.17, 15) is 9.18 Å². The zero-order chi connectivity index (χ0) is 13.8. The van der Waals surface area contributed by atoms with Crippen molar-refractivity contribution in [1.82, 2.24) is 0 Å². The van der Waals surface area contributed by atoms with E-state index in [1.165, 1.54) is 18.2 Å². The van der Waals surface area contributed by atoms with E-state index >= 15 is 0 Å². The Labute approximate surface area is 115 Å². The van der Waals surface area contributed by atoms with Gasteiger partial charge in [-0.1, -0.05) is 23.7 Å². The second-order valence-corrected chi connectivity index (χ2v) is 4.48. The minimum atomic E-state index is -0.525. The lowest BCUT2D eigenvalue weighted by molar-refractivity contribution is 0.0993. The summed E-state index contributed by atoms with van der Waals surface area (Å²) in [5, 5.41) is -0.0411. The third kappa shape index (κ3) is 3.32. The minimum absolute atomic E-state index is 0.0411. The lowest BCUT2D eigenvalue weighted by Gasteiger charge is -2.04. The highest BCUT2D eigenvalue weighted by Crippen LogP contribution is 2.18. The van der Waals surface area contributed by atoms with Gasteiger partial charge in [0.2, 0.25) is 0 Å². The zero-order valence-electron chi connectivity index (χ0n) is 10.3. The molecule has 0 aliphatic heterocycles. The molecule has 2 nitrogen and oxygen atoms in total. The standard InChI is InChI=1S/C15H12ClFO2/c1-19-12-5-2-10(3-6-12)8-15(18)11-4-7-14(17)13(16)9-11/h2-7,9H,8H2,1H3. The van der Waals surface area contributed by atoms with Gasteiger partial charge in [0.25, 0.3) is 0 Å². The third-order valence-electron chi connectivity index (χ3n) is 2.77. The Kier molecular flexibility index (Phi) is 4.17. The van der Waals surface area contributed by atoms with Gasteiger partial charge in [0.1, 0.15) is 11.6 Å². The van der Waals surface area contributed by atoms with E-state index in [-0.39, 0.29) is 17.2 Å². The first-order valence-electron chi connectivity index (χ1n) is 5.71. The maximum atomic E-state index is 13.0. The van der Waals surface area contributed by atoms with Crippen LogP contribution >= 0.6 is 11.6 Å². The van der Waals surface area contributed by atoms with Crippen LogP contribution in [-0.4, -0.2) is 12.9 Å². The van der Waals surface area contributed by atoms with Crippen LogP contribution in [0, 0.1) is 5.82 Å². The van der Waals surface area contributed by atoms with Crippen LogP contribution in [0.2, 0.25) is 5.02 Å². The van der Waals surface area contributed by atoms with Crippen molar-refractivity contribution in [3.05, 3.63) is 64.4 Å². The topological polar surface area (TPSA) is 26.3 Å². The van der Waals surface area contributed by atoms with Gasteiger partial charge in [-0.2, -0.15) is 0 Å². The van der Waals surface area contributed by atoms with E-state index in [1.54, 1.807) is 19.2 Å². The van der Waals surface area contributed by atoms with Gasteiger partial charge < -0.3 is 4.74 Å². The van der Waals surface area contributed by atoms with Gasteiger partial charge in [0, 0.05) is 12.0 Å². The SMILES string of the molecule is COc1ccc(CC(=O)c2ccc(F)c(Cl)c2)cc1. The number of carbonyl (C=O) groups excluding carboxylic acids is 1. The van der Waals surface area contributed by atoms with E-state index < -0.39 is 5.82 Å². The number of ketones is 1. The molecular formula is C15H12ClFO2. The molecule has 0 radical (unpaired) electrons. The Morgan fingerprint density at radius 2 is 1.89 bits per heavy atom. The molecule has 0 heterocycles. The van der Waals surface area contributed by atoms with Crippen LogP contribution in [0.1, 0.15) is 15.9 Å². The lowest BCUT2D eigenvalue weighted by atomic mass is 10.0. The molecule has 0 fully saturated rings. The predicted molar refractivity (Wildman–Crippen MR) is 72.4 cm³/mol. The number of ether oxygens (including phenoxy) is 1. The van der Waals surface area contributed by atoms with Crippen LogP contribution < -0.4 is 4.74 Å². The number of methoxy groups -OCH3 is 1. The average molecular weight is 279 g/mol. The summed E-state index contributed by atoms with van der Waals surface area (Å²) in [6.07, 6.45) is 0.242. The Bertz CT molecular complexity index is 594. The molecule has 0 saturated heterocycles. The highest BCUT2D eigenvalue weighted by atomic mass is 35.5. The molecule has 98 valence electrons. The Balaban J connectivity index is 2.13. The highest BCUT2D eigenvalue weighted by Gasteiger charge is 2.09. The van der Waals surface area contributed by atoms with Crippen molar-refractivity contribution in [2.75, 3.05) is 7.11 Å². The van der Waals surface area contributed by atoms with Crippen LogP contribution in [0.25, 0.3) is 0 Å². The number of hydrogen-bond donors (Lipinski definition) is 0. The molecule has 2 rings (SSSR count). The molecule has 0 N–H and O–H groups in total. The van der Waals surface area contributed by atoms with E-state index in [2.05, 4.69) is 0 Å². The summed E-state index contributed by atoms with van der Waals surface area (Å²) in [6.45, 7) is 0. The fourth-order valence-corrected chi connectivity index (χ4v) is 1.88. The van der Waals surface area contributed by atoms with Crippen molar-refractivity contribution in [3.8, 4) is 5.75 Å². The van der Waals surface area contributed by atoms with Gasteiger partial charge >= 0.3 is 0 Å². The molecule has 19 heavy (non-hydrogen) atoms. The molecular weight excluding hydrogens is 267 g/mol. The number of halogens is 2. The molecule has 4 heteroatoms. The van der Waals surface area contributed by atoms with Crippen molar-refractivity contribution in [3.63, 3.8) is 0 Å². The monoisotopic (exact) mass is 278 g/mol. The zero-order valence-corrected chi connectivity index (χ0v) is 11.1. The summed E-state index contributed by atoms with van der Waals surface area (Å²) in [6, 6.07) is 11.2. The molecule has 0 aliphatic carbocycles. The molecule has 0 saturated carbocycles. The number of Topliss-reactive ketones (excluding diaryl/α,β-unsaturated/α-hetero) is 1. The Morgan fingerprint density at radius 3 is 2.47 bits per heavy atom. The molecule has 0 amide bonds. The second kappa shape index (κ2) is 5.85. The summed E-state index contributed by atoms with van der Waals surface area (Å²) < 4.78 is 18.1. The first-order chi connectivity index (χ1) is 9.10. The van der Waals surface area contributed by atoms with Gasteiger partial charge in [-0.25, -0.2) is 4.39 Å². The number of rotatable bonds is 4. The first kappa shape index (κ1) is 13.6. The maximum absolute atomic E-state index is 13.0. The van der Waals surface area contributed by atoms with Gasteiger partial charge in [-0.15, -0.1) is 0 Å². The van der Waals surface area contributed by atoms with Crippen LogP contribution in [0.4, 0.5) is 4.39 Å². The molecule has 2 aromatic carbocycles. The van der Waals surface area contributed by atoms with Crippen LogP contribution in [-0.2, 0) is 6.42 Å². The van der Waals surface area contributed by atoms with Crippen molar-refractivity contribution in [2.24, 2.45) is 0 Å². The smallest absolute Gasteiger partial charge is 0.167 e. The Hall–Kier alpha value is -1.87. The fourth-order valence-electron chi connectivity index (χ4n) is 1.70. The molecule has 2 aromatic rings. The lowest BCUT2D eigenvalue weighted by Crippen LogP contribution is -2.03. The summed E-state index contributed by atoms with van der Waals surface area (Å²) in [7, 11) is 1.58. The normalized spacial score (nSPS) is 10.3. The van der Waals surface area contributed by atoms with Gasteiger partial charge in [-0.3, -0.25) is 4.79 Å². The van der Waals surface area contributed by atoms with Crippen molar-refractivity contribution >= 4 is 17.4 Å². The second-order valence-electron chi connectivity index (χ2n) is 4.08. The molecule has 0 bridgehead atoms. The minimum Gasteiger partial charge on any atom is -0.497 e.